The van der Waals surface area contributed by atoms with Gasteiger partial charge in [0.15, 0.2) is 16.3 Å². The van der Waals surface area contributed by atoms with Crippen LogP contribution >= 0.6 is 11.8 Å². The first kappa shape index (κ1) is 20.7. The summed E-state index contributed by atoms with van der Waals surface area (Å²) in [4.78, 5) is 34.3. The van der Waals surface area contributed by atoms with Crippen LogP contribution in [-0.4, -0.2) is 41.1 Å². The molecule has 2 saturated carbocycles. The second-order valence-electron chi connectivity index (χ2n) is 7.46. The van der Waals surface area contributed by atoms with Gasteiger partial charge in [-0.15, -0.1) is 0 Å². The summed E-state index contributed by atoms with van der Waals surface area (Å²) in [5, 5.41) is 15.4. The van der Waals surface area contributed by atoms with Crippen molar-refractivity contribution in [3.8, 4) is 0 Å². The summed E-state index contributed by atoms with van der Waals surface area (Å²) in [5.74, 6) is 1.45. The highest BCUT2D eigenvalue weighted by Crippen LogP contribution is 2.35. The van der Waals surface area contributed by atoms with E-state index in [-0.39, 0.29) is 5.56 Å². The molecule has 2 fully saturated rings. The van der Waals surface area contributed by atoms with Gasteiger partial charge in [-0.1, -0.05) is 44.4 Å². The summed E-state index contributed by atoms with van der Waals surface area (Å²) in [7, 11) is 0. The van der Waals surface area contributed by atoms with Gasteiger partial charge >= 0.3 is 6.16 Å². The summed E-state index contributed by atoms with van der Waals surface area (Å²) in [5.41, 5.74) is 1.27. The number of nitrogens with zero attached hydrogens (tertiary/aromatic N) is 3. The highest BCUT2D eigenvalue weighted by atomic mass is 32.2. The highest BCUT2D eigenvalue weighted by Gasteiger charge is 2.24. The standard InChI is InChI=1S/C18H26N4OS.CH2O3/c1-2-11-22-17(23)14-16(20-15(19-14)12-7-3-4-8-12)21-18(22)24-13-9-5-6-10-13;2-1(3)4/h12-13H,2-11H2,1H3,(H,19,20);(H2,2,3,4). The molecule has 8 nitrogen and oxygen atoms in total. The zero-order chi connectivity index (χ0) is 20.1. The fourth-order valence-corrected chi connectivity index (χ4v) is 5.35. The number of aromatic nitrogens is 4. The summed E-state index contributed by atoms with van der Waals surface area (Å²) in [6, 6.07) is 0. The molecule has 2 aromatic rings. The molecule has 9 heteroatoms. The molecule has 0 aliphatic heterocycles. The molecule has 0 atom stereocenters. The van der Waals surface area contributed by atoms with Crippen LogP contribution in [0.5, 0.6) is 0 Å². The molecule has 2 aliphatic carbocycles. The van der Waals surface area contributed by atoms with Crippen LogP contribution in [0.15, 0.2) is 9.95 Å². The quantitative estimate of drug-likeness (QED) is 0.625. The average molecular weight is 409 g/mol. The number of aromatic amines is 1. The van der Waals surface area contributed by atoms with Crippen molar-refractivity contribution >= 4 is 29.1 Å². The van der Waals surface area contributed by atoms with Crippen LogP contribution in [-0.2, 0) is 6.54 Å². The van der Waals surface area contributed by atoms with E-state index in [0.717, 1.165) is 23.9 Å². The molecule has 0 unspecified atom stereocenters. The fourth-order valence-electron chi connectivity index (χ4n) is 4.04. The number of hydrogen-bond acceptors (Lipinski definition) is 5. The van der Waals surface area contributed by atoms with Gasteiger partial charge in [0.1, 0.15) is 5.82 Å². The lowest BCUT2D eigenvalue weighted by molar-refractivity contribution is 0.137. The molecule has 0 saturated heterocycles. The lowest BCUT2D eigenvalue weighted by atomic mass is 10.1. The summed E-state index contributed by atoms with van der Waals surface area (Å²) in [6.07, 6.45) is 9.04. The van der Waals surface area contributed by atoms with Crippen molar-refractivity contribution in [2.45, 2.75) is 87.6 Å². The van der Waals surface area contributed by atoms with Gasteiger partial charge in [-0.25, -0.2) is 14.8 Å². The average Bonchev–Trinajstić information content (AvgIpc) is 3.38. The van der Waals surface area contributed by atoms with Gasteiger partial charge < -0.3 is 15.2 Å². The number of rotatable bonds is 5. The Morgan fingerprint density at radius 3 is 2.36 bits per heavy atom. The number of carbonyl (C=O) groups is 1. The van der Waals surface area contributed by atoms with Crippen LogP contribution in [0.25, 0.3) is 11.2 Å². The lowest BCUT2D eigenvalue weighted by Gasteiger charge is -2.13. The molecule has 0 amide bonds. The van der Waals surface area contributed by atoms with Crippen LogP contribution in [0.4, 0.5) is 4.79 Å². The first-order valence-corrected chi connectivity index (χ1v) is 11.0. The Balaban J connectivity index is 0.000000516. The van der Waals surface area contributed by atoms with E-state index in [4.69, 9.17) is 25.0 Å². The Labute approximate surface area is 167 Å². The summed E-state index contributed by atoms with van der Waals surface area (Å²) in [6.45, 7) is 2.84. The minimum absolute atomic E-state index is 0.0547. The largest absolute Gasteiger partial charge is 0.503 e. The highest BCUT2D eigenvalue weighted by molar-refractivity contribution is 7.99. The lowest BCUT2D eigenvalue weighted by Crippen LogP contribution is -2.24. The number of thioether (sulfide) groups is 1. The second kappa shape index (κ2) is 9.45. The molecule has 4 rings (SSSR count). The van der Waals surface area contributed by atoms with Gasteiger partial charge in [-0.2, -0.15) is 0 Å². The molecular formula is C19H28N4O4S. The minimum Gasteiger partial charge on any atom is -0.450 e. The molecule has 0 aromatic carbocycles. The van der Waals surface area contributed by atoms with Crippen molar-refractivity contribution in [2.75, 3.05) is 0 Å². The molecule has 2 heterocycles. The maximum Gasteiger partial charge on any atom is 0.503 e. The first-order chi connectivity index (χ1) is 13.5. The fraction of sp³-hybridized carbons (Fsp3) is 0.684. The van der Waals surface area contributed by atoms with E-state index < -0.39 is 6.16 Å². The molecule has 3 N–H and O–H groups in total. The Hall–Kier alpha value is -2.03. The minimum atomic E-state index is -1.83. The zero-order valence-corrected chi connectivity index (χ0v) is 17.0. The molecule has 154 valence electrons. The molecular weight excluding hydrogens is 380 g/mol. The van der Waals surface area contributed by atoms with E-state index in [1.807, 2.05) is 4.57 Å². The molecule has 0 spiro atoms. The third kappa shape index (κ3) is 4.87. The molecule has 2 aliphatic rings. The van der Waals surface area contributed by atoms with E-state index in [1.165, 1.54) is 51.4 Å². The topological polar surface area (TPSA) is 121 Å². The van der Waals surface area contributed by atoms with E-state index in [1.54, 1.807) is 11.8 Å². The van der Waals surface area contributed by atoms with E-state index in [2.05, 4.69) is 11.9 Å². The zero-order valence-electron chi connectivity index (χ0n) is 16.2. The Morgan fingerprint density at radius 2 is 1.75 bits per heavy atom. The van der Waals surface area contributed by atoms with Gasteiger partial charge in [0.05, 0.1) is 0 Å². The van der Waals surface area contributed by atoms with Crippen LogP contribution in [0.3, 0.4) is 0 Å². The molecule has 0 radical (unpaired) electrons. The molecule has 0 bridgehead atoms. The molecule has 28 heavy (non-hydrogen) atoms. The third-order valence-corrected chi connectivity index (χ3v) is 6.69. The first-order valence-electron chi connectivity index (χ1n) is 10.1. The number of hydrogen-bond donors (Lipinski definition) is 3. The van der Waals surface area contributed by atoms with Crippen molar-refractivity contribution < 1.29 is 15.0 Å². The van der Waals surface area contributed by atoms with Gasteiger partial charge in [0, 0.05) is 17.7 Å². The second-order valence-corrected chi connectivity index (χ2v) is 8.73. The van der Waals surface area contributed by atoms with Gasteiger partial charge in [-0.05, 0) is 32.1 Å². The van der Waals surface area contributed by atoms with Crippen LogP contribution in [0.1, 0.15) is 76.5 Å². The van der Waals surface area contributed by atoms with E-state index in [0.29, 0.717) is 22.3 Å². The summed E-state index contributed by atoms with van der Waals surface area (Å²) >= 11 is 1.79. The number of imidazole rings is 1. The predicted octanol–water partition coefficient (Wildman–Crippen LogP) is 4.44. The van der Waals surface area contributed by atoms with Crippen LogP contribution < -0.4 is 5.56 Å². The van der Waals surface area contributed by atoms with Crippen molar-refractivity contribution in [2.24, 2.45) is 0 Å². The summed E-state index contributed by atoms with van der Waals surface area (Å²) < 4.78 is 1.86. The maximum atomic E-state index is 13.0. The Bertz CT molecular complexity index is 863. The molecule has 2 aromatic heterocycles. The van der Waals surface area contributed by atoms with Crippen molar-refractivity contribution in [1.82, 2.24) is 19.5 Å². The third-order valence-electron chi connectivity index (χ3n) is 5.36. The van der Waals surface area contributed by atoms with E-state index in [9.17, 15) is 4.79 Å². The predicted molar refractivity (Wildman–Crippen MR) is 108 cm³/mol. The Morgan fingerprint density at radius 1 is 1.14 bits per heavy atom. The number of carboxylic acid groups (broad SMARTS) is 2. The maximum absolute atomic E-state index is 13.0. The van der Waals surface area contributed by atoms with Crippen LogP contribution in [0.2, 0.25) is 0 Å². The monoisotopic (exact) mass is 408 g/mol. The van der Waals surface area contributed by atoms with Crippen molar-refractivity contribution in [3.63, 3.8) is 0 Å². The number of H-pyrrole nitrogens is 1. The SMILES string of the molecule is CCCn1c(SC2CCCC2)nc2nc(C3CCCC3)[nH]c2c1=O.O=C(O)O. The number of fused-ring (bicyclic) bond motifs is 1. The Kier molecular flexibility index (Phi) is 6.98. The van der Waals surface area contributed by atoms with Gasteiger partial charge in [-0.3, -0.25) is 9.36 Å². The van der Waals surface area contributed by atoms with Gasteiger partial charge in [0.2, 0.25) is 0 Å². The van der Waals surface area contributed by atoms with Gasteiger partial charge in [0.25, 0.3) is 5.56 Å². The normalized spacial score (nSPS) is 17.8. The number of nitrogens with one attached hydrogen (secondary N) is 1. The van der Waals surface area contributed by atoms with Crippen LogP contribution in [0, 0.1) is 0 Å². The van der Waals surface area contributed by atoms with Crippen molar-refractivity contribution in [3.05, 3.63) is 16.2 Å². The smallest absolute Gasteiger partial charge is 0.450 e. The van der Waals surface area contributed by atoms with E-state index >= 15 is 0 Å². The van der Waals surface area contributed by atoms with Crippen molar-refractivity contribution in [1.29, 1.82) is 0 Å².